The predicted octanol–water partition coefficient (Wildman–Crippen LogP) is -0.336. The molecule has 0 bridgehead atoms. The lowest BCUT2D eigenvalue weighted by Gasteiger charge is -2.33. The molecule has 0 spiro atoms. The largest absolute Gasteiger partial charge is 0.481 e. The predicted molar refractivity (Wildman–Crippen MR) is 274 cm³/mol. The normalized spacial score (nSPS) is 18.5. The fourth-order valence-electron chi connectivity index (χ4n) is 9.29. The van der Waals surface area contributed by atoms with E-state index >= 15 is 0 Å². The smallest absolute Gasteiger partial charge is 0.326 e. The van der Waals surface area contributed by atoms with Crippen LogP contribution in [0.1, 0.15) is 63.4 Å². The van der Waals surface area contributed by atoms with Crippen molar-refractivity contribution in [2.45, 2.75) is 82.3 Å². The first-order chi connectivity index (χ1) is 36.2. The molecule has 3 atom stereocenters. The van der Waals surface area contributed by atoms with E-state index in [1.165, 1.54) is 0 Å². The highest BCUT2D eigenvalue weighted by atomic mass is 16.4. The molecule has 26 heteroatoms. The van der Waals surface area contributed by atoms with Gasteiger partial charge in [-0.3, -0.25) is 53.2 Å². The Morgan fingerprint density at radius 2 is 1.05 bits per heavy atom. The van der Waals surface area contributed by atoms with Crippen molar-refractivity contribution in [3.05, 3.63) is 42.0 Å². The van der Waals surface area contributed by atoms with Crippen molar-refractivity contribution in [2.24, 2.45) is 11.8 Å². The number of nitrogens with zero attached hydrogens (tertiary/aromatic N) is 4. The van der Waals surface area contributed by atoms with E-state index in [-0.39, 0.29) is 115 Å². The molecule has 0 radical (unpaired) electrons. The Kier molecular flexibility index (Phi) is 25.6. The standard InChI is InChI=1S/C50H74N10O16/c1-51-39-25-35-7-3-2-6-34(35)24-36(39)26-40(47(71)52-15-5-4-8-37(48(72)73)55-50(76)56-38(49(74)75)13-14-42(62)63)54-46(70)33-11-9-32(10-12-33)27-53-41(61)28-57-16-18-58(29-43(64)65)20-22-60(31-45(68)69)23-21-59(19-17-57)30-44(66)67/h2-3,6-7,24-25,32-33,37-38,40,51H,4-5,8-23,26-31H2,1H3,(H,52,71)(H,53,61)(H,54,70)(H,62,63)(H,64,65)(H,66,67)(H,68,69)(H,72,73)(H,74,75)(H2,55,56,76)/t32?,33?,37-,38-,40+/m0/s1. The number of unbranched alkanes of at least 4 members (excludes halogenated alkanes) is 1. The van der Waals surface area contributed by atoms with E-state index in [0.29, 0.717) is 45.3 Å². The number of nitrogens with one attached hydrogen (secondary N) is 6. The van der Waals surface area contributed by atoms with Crippen LogP contribution in [0, 0.1) is 11.8 Å². The van der Waals surface area contributed by atoms with Crippen LogP contribution >= 0.6 is 0 Å². The number of anilines is 1. The maximum absolute atomic E-state index is 14.0. The van der Waals surface area contributed by atoms with Gasteiger partial charge < -0.3 is 62.5 Å². The second kappa shape index (κ2) is 31.7. The molecule has 2 aromatic rings. The van der Waals surface area contributed by atoms with Crippen LogP contribution < -0.4 is 31.9 Å². The number of carbonyl (C=O) groups is 10. The molecule has 2 aliphatic rings. The minimum Gasteiger partial charge on any atom is -0.481 e. The molecule has 5 amide bonds. The second-order valence-corrected chi connectivity index (χ2v) is 19.3. The molecule has 12 N–H and O–H groups in total. The van der Waals surface area contributed by atoms with Crippen molar-refractivity contribution in [3.8, 4) is 0 Å². The average molecular weight is 1070 g/mol. The van der Waals surface area contributed by atoms with Gasteiger partial charge in [0.25, 0.3) is 0 Å². The van der Waals surface area contributed by atoms with Crippen LogP contribution in [-0.2, 0) is 49.6 Å². The first-order valence-electron chi connectivity index (χ1n) is 25.5. The second-order valence-electron chi connectivity index (χ2n) is 19.3. The lowest BCUT2D eigenvalue weighted by Crippen LogP contribution is -2.51. The number of rotatable bonds is 28. The zero-order valence-corrected chi connectivity index (χ0v) is 42.9. The number of benzene rings is 2. The van der Waals surface area contributed by atoms with E-state index < -0.39 is 84.6 Å². The lowest BCUT2D eigenvalue weighted by molar-refractivity contribution is -0.141. The Morgan fingerprint density at radius 1 is 0.566 bits per heavy atom. The summed E-state index contributed by atoms with van der Waals surface area (Å²) in [4.78, 5) is 130. The van der Waals surface area contributed by atoms with E-state index in [1.54, 1.807) is 21.7 Å². The number of carboxylic acids is 6. The van der Waals surface area contributed by atoms with Gasteiger partial charge in [0.15, 0.2) is 0 Å². The molecule has 1 heterocycles. The van der Waals surface area contributed by atoms with Crippen LogP contribution in [0.5, 0.6) is 0 Å². The van der Waals surface area contributed by atoms with Crippen molar-refractivity contribution in [1.82, 2.24) is 46.2 Å². The van der Waals surface area contributed by atoms with Gasteiger partial charge in [-0.15, -0.1) is 0 Å². The summed E-state index contributed by atoms with van der Waals surface area (Å²) in [5.74, 6) is -8.74. The third-order valence-electron chi connectivity index (χ3n) is 13.5. The summed E-state index contributed by atoms with van der Waals surface area (Å²) >= 11 is 0. The van der Waals surface area contributed by atoms with Crippen LogP contribution in [0.4, 0.5) is 10.5 Å². The van der Waals surface area contributed by atoms with Crippen LogP contribution in [0.3, 0.4) is 0 Å². The minimum atomic E-state index is -1.56. The Hall–Kier alpha value is -7.16. The van der Waals surface area contributed by atoms with Crippen LogP contribution in [0.25, 0.3) is 10.8 Å². The Morgan fingerprint density at radius 3 is 1.53 bits per heavy atom. The van der Waals surface area contributed by atoms with Gasteiger partial charge >= 0.3 is 41.8 Å². The van der Waals surface area contributed by atoms with Gasteiger partial charge in [-0.05, 0) is 85.8 Å². The van der Waals surface area contributed by atoms with E-state index in [0.717, 1.165) is 22.0 Å². The monoisotopic (exact) mass is 1070 g/mol. The molecule has 1 saturated carbocycles. The van der Waals surface area contributed by atoms with Gasteiger partial charge in [0.1, 0.15) is 18.1 Å². The molecule has 2 aromatic carbocycles. The zero-order valence-electron chi connectivity index (χ0n) is 42.9. The number of fused-ring (bicyclic) bond motifs is 1. The van der Waals surface area contributed by atoms with Gasteiger partial charge in [-0.2, -0.15) is 0 Å². The third-order valence-corrected chi connectivity index (χ3v) is 13.5. The van der Waals surface area contributed by atoms with Gasteiger partial charge in [0.05, 0.1) is 26.2 Å². The van der Waals surface area contributed by atoms with E-state index in [9.17, 15) is 73.5 Å². The summed E-state index contributed by atoms with van der Waals surface area (Å²) < 4.78 is 0. The molecule has 1 saturated heterocycles. The van der Waals surface area contributed by atoms with E-state index in [2.05, 4.69) is 31.9 Å². The number of amides is 5. The number of urea groups is 1. The van der Waals surface area contributed by atoms with Crippen molar-refractivity contribution in [1.29, 1.82) is 0 Å². The van der Waals surface area contributed by atoms with Crippen LogP contribution in [0.2, 0.25) is 0 Å². The molecule has 1 aliphatic heterocycles. The molecule has 76 heavy (non-hydrogen) atoms. The van der Waals surface area contributed by atoms with Gasteiger partial charge in [-0.1, -0.05) is 24.3 Å². The third kappa shape index (κ3) is 22.4. The summed E-state index contributed by atoms with van der Waals surface area (Å²) in [6.45, 7) is 1.67. The maximum atomic E-state index is 14.0. The molecular formula is C50H74N10O16. The van der Waals surface area contributed by atoms with Gasteiger partial charge in [-0.25, -0.2) is 14.4 Å². The highest BCUT2D eigenvalue weighted by molar-refractivity contribution is 5.91. The molecule has 2 fully saturated rings. The summed E-state index contributed by atoms with van der Waals surface area (Å²) in [6, 6.07) is 6.53. The molecular weight excluding hydrogens is 997 g/mol. The molecule has 0 unspecified atom stereocenters. The Bertz CT molecular complexity index is 2300. The lowest BCUT2D eigenvalue weighted by atomic mass is 9.81. The fourth-order valence-corrected chi connectivity index (χ4v) is 9.29. The van der Waals surface area contributed by atoms with E-state index in [4.69, 9.17) is 5.11 Å². The zero-order chi connectivity index (χ0) is 55.7. The van der Waals surface area contributed by atoms with Gasteiger partial charge in [0, 0.05) is 96.9 Å². The maximum Gasteiger partial charge on any atom is 0.326 e. The summed E-state index contributed by atoms with van der Waals surface area (Å²) in [5.41, 5.74) is 1.53. The highest BCUT2D eigenvalue weighted by Gasteiger charge is 2.31. The number of hydrogen-bond donors (Lipinski definition) is 12. The van der Waals surface area contributed by atoms with E-state index in [1.807, 2.05) is 41.3 Å². The van der Waals surface area contributed by atoms with Crippen LogP contribution in [0.15, 0.2) is 36.4 Å². The summed E-state index contributed by atoms with van der Waals surface area (Å²) in [7, 11) is 1.76. The fraction of sp³-hybridized carbons (Fsp3) is 0.600. The average Bonchev–Trinajstić information content (AvgIpc) is 3.36. The van der Waals surface area contributed by atoms with Crippen molar-refractivity contribution in [2.75, 3.05) is 104 Å². The highest BCUT2D eigenvalue weighted by Crippen LogP contribution is 2.30. The first kappa shape index (κ1) is 61.4. The van der Waals surface area contributed by atoms with Crippen molar-refractivity contribution >= 4 is 76.0 Å². The molecule has 1 aliphatic carbocycles. The number of carbonyl (C=O) groups excluding carboxylic acids is 4. The molecule has 4 rings (SSSR count). The molecule has 420 valence electrons. The summed E-state index contributed by atoms with van der Waals surface area (Å²) in [6.07, 6.45) is 1.79. The van der Waals surface area contributed by atoms with Gasteiger partial charge in [0.2, 0.25) is 17.7 Å². The molecule has 0 aromatic heterocycles. The van der Waals surface area contributed by atoms with Crippen LogP contribution in [-0.4, -0.2) is 227 Å². The Balaban J connectivity index is 1.33. The quantitative estimate of drug-likeness (QED) is 0.0485. The first-order valence-corrected chi connectivity index (χ1v) is 25.5. The number of hydrogen-bond acceptors (Lipinski definition) is 15. The Labute approximate surface area is 439 Å². The van der Waals surface area contributed by atoms with Crippen molar-refractivity contribution in [3.63, 3.8) is 0 Å². The molecule has 26 nitrogen and oxygen atoms in total. The summed E-state index contributed by atoms with van der Waals surface area (Å²) in [5, 5.41) is 74.7. The minimum absolute atomic E-state index is 0.0330. The van der Waals surface area contributed by atoms with Crippen molar-refractivity contribution < 1.29 is 78.6 Å². The SMILES string of the molecule is CNc1cc2ccccc2cc1C[C@@H](NC(=O)C1CCC(CNC(=O)CN2CCN(CC(=O)O)CCN(CC(=O)O)CCN(CC(=O)O)CC2)CC1)C(=O)NCCCC[C@H](NC(=O)N[C@@H](CCC(=O)O)C(=O)O)C(=O)O. The number of aliphatic carboxylic acids is 6. The topological polar surface area (TPSA) is 377 Å². The number of carboxylic acid groups (broad SMARTS) is 6.